The van der Waals surface area contributed by atoms with Gasteiger partial charge >= 0.3 is 5.97 Å². The number of hydrogen-bond acceptors (Lipinski definition) is 3. The second-order valence-electron chi connectivity index (χ2n) is 3.94. The number of aliphatic hydroxyl groups is 1. The fraction of sp³-hybridized carbons (Fsp3) is 0.900. The van der Waals surface area contributed by atoms with Crippen molar-refractivity contribution in [3.63, 3.8) is 0 Å². The van der Waals surface area contributed by atoms with Crippen molar-refractivity contribution in [1.29, 1.82) is 0 Å². The standard InChI is InChI=1S/C10H18O3/c1-3-13-9(11)6-7-10(2,12)8-4-5-8/h8,12H,3-7H2,1-2H3. The lowest BCUT2D eigenvalue weighted by Crippen LogP contribution is -2.28. The summed E-state index contributed by atoms with van der Waals surface area (Å²) in [6.45, 7) is 4.02. The Morgan fingerprint density at radius 3 is 2.69 bits per heavy atom. The number of rotatable bonds is 5. The highest BCUT2D eigenvalue weighted by Gasteiger charge is 2.39. The van der Waals surface area contributed by atoms with E-state index in [1.165, 1.54) is 0 Å². The zero-order valence-corrected chi connectivity index (χ0v) is 8.38. The summed E-state index contributed by atoms with van der Waals surface area (Å²) in [6, 6.07) is 0. The minimum atomic E-state index is -0.660. The van der Waals surface area contributed by atoms with Gasteiger partial charge in [0.15, 0.2) is 0 Å². The Labute approximate surface area is 79.1 Å². The Kier molecular flexibility index (Phi) is 3.31. The van der Waals surface area contributed by atoms with Gasteiger partial charge in [-0.25, -0.2) is 0 Å². The summed E-state index contributed by atoms with van der Waals surface area (Å²) in [4.78, 5) is 11.0. The minimum absolute atomic E-state index is 0.205. The van der Waals surface area contributed by atoms with Crippen molar-refractivity contribution in [1.82, 2.24) is 0 Å². The molecule has 0 aromatic carbocycles. The van der Waals surface area contributed by atoms with Gasteiger partial charge in [-0.1, -0.05) is 0 Å². The van der Waals surface area contributed by atoms with Gasteiger partial charge in [-0.05, 0) is 39.0 Å². The largest absolute Gasteiger partial charge is 0.466 e. The predicted molar refractivity (Wildman–Crippen MR) is 49.2 cm³/mol. The van der Waals surface area contributed by atoms with Crippen LogP contribution in [-0.4, -0.2) is 23.3 Å². The molecule has 1 unspecified atom stereocenters. The quantitative estimate of drug-likeness (QED) is 0.662. The lowest BCUT2D eigenvalue weighted by Gasteiger charge is -2.21. The summed E-state index contributed by atoms with van der Waals surface area (Å²) in [5.41, 5.74) is -0.660. The Balaban J connectivity index is 2.20. The zero-order chi connectivity index (χ0) is 9.90. The third kappa shape index (κ3) is 3.35. The lowest BCUT2D eigenvalue weighted by molar-refractivity contribution is -0.144. The van der Waals surface area contributed by atoms with E-state index in [4.69, 9.17) is 4.74 Å². The van der Waals surface area contributed by atoms with E-state index in [0.717, 1.165) is 12.8 Å². The van der Waals surface area contributed by atoms with Crippen molar-refractivity contribution in [2.24, 2.45) is 5.92 Å². The minimum Gasteiger partial charge on any atom is -0.466 e. The molecule has 0 aromatic rings. The SMILES string of the molecule is CCOC(=O)CCC(C)(O)C1CC1. The maximum absolute atomic E-state index is 11.0. The first-order chi connectivity index (χ1) is 6.06. The monoisotopic (exact) mass is 186 g/mol. The molecular formula is C10H18O3. The van der Waals surface area contributed by atoms with Gasteiger partial charge < -0.3 is 9.84 Å². The van der Waals surface area contributed by atoms with E-state index >= 15 is 0 Å². The van der Waals surface area contributed by atoms with E-state index in [2.05, 4.69) is 0 Å². The Hall–Kier alpha value is -0.570. The first-order valence-corrected chi connectivity index (χ1v) is 4.94. The molecule has 1 aliphatic carbocycles. The molecule has 3 nitrogen and oxygen atoms in total. The number of carbonyl (C=O) groups excluding carboxylic acids is 1. The topological polar surface area (TPSA) is 46.5 Å². The molecule has 0 heterocycles. The average Bonchev–Trinajstić information content (AvgIpc) is 2.84. The average molecular weight is 186 g/mol. The highest BCUT2D eigenvalue weighted by Crippen LogP contribution is 2.41. The van der Waals surface area contributed by atoms with Gasteiger partial charge in [0.25, 0.3) is 0 Å². The maximum Gasteiger partial charge on any atom is 0.305 e. The van der Waals surface area contributed by atoms with E-state index in [1.807, 2.05) is 6.92 Å². The third-order valence-corrected chi connectivity index (χ3v) is 2.60. The van der Waals surface area contributed by atoms with Crippen LogP contribution in [0.25, 0.3) is 0 Å². The van der Waals surface area contributed by atoms with Crippen molar-refractivity contribution in [2.75, 3.05) is 6.61 Å². The van der Waals surface area contributed by atoms with Gasteiger partial charge in [0, 0.05) is 6.42 Å². The third-order valence-electron chi connectivity index (χ3n) is 2.60. The van der Waals surface area contributed by atoms with Gasteiger partial charge in [0.05, 0.1) is 12.2 Å². The molecular weight excluding hydrogens is 168 g/mol. The molecule has 13 heavy (non-hydrogen) atoms. The van der Waals surface area contributed by atoms with Gasteiger partial charge in [-0.3, -0.25) is 4.79 Å². The molecule has 1 fully saturated rings. The van der Waals surface area contributed by atoms with Crippen LogP contribution in [0.4, 0.5) is 0 Å². The molecule has 1 rings (SSSR count). The highest BCUT2D eigenvalue weighted by molar-refractivity contribution is 5.69. The molecule has 0 amide bonds. The van der Waals surface area contributed by atoms with Crippen LogP contribution in [0, 0.1) is 5.92 Å². The molecule has 1 N–H and O–H groups in total. The molecule has 0 aliphatic heterocycles. The van der Waals surface area contributed by atoms with Gasteiger partial charge in [-0.15, -0.1) is 0 Å². The zero-order valence-electron chi connectivity index (χ0n) is 8.38. The van der Waals surface area contributed by atoms with Crippen LogP contribution in [0.2, 0.25) is 0 Å². The van der Waals surface area contributed by atoms with Crippen LogP contribution in [0.1, 0.15) is 39.5 Å². The second-order valence-corrected chi connectivity index (χ2v) is 3.94. The van der Waals surface area contributed by atoms with Gasteiger partial charge in [0.1, 0.15) is 0 Å². The number of hydrogen-bond donors (Lipinski definition) is 1. The molecule has 0 saturated heterocycles. The fourth-order valence-electron chi connectivity index (χ4n) is 1.50. The molecule has 0 radical (unpaired) electrons. The van der Waals surface area contributed by atoms with E-state index < -0.39 is 5.60 Å². The highest BCUT2D eigenvalue weighted by atomic mass is 16.5. The summed E-state index contributed by atoms with van der Waals surface area (Å²) in [7, 11) is 0. The number of esters is 1. The maximum atomic E-state index is 11.0. The molecule has 0 aromatic heterocycles. The predicted octanol–water partition coefficient (Wildman–Crippen LogP) is 1.49. The molecule has 1 aliphatic rings. The number of carbonyl (C=O) groups is 1. The van der Waals surface area contributed by atoms with Crippen LogP contribution in [0.5, 0.6) is 0 Å². The fourth-order valence-corrected chi connectivity index (χ4v) is 1.50. The summed E-state index contributed by atoms with van der Waals surface area (Å²) >= 11 is 0. The van der Waals surface area contributed by atoms with E-state index in [-0.39, 0.29) is 5.97 Å². The van der Waals surface area contributed by atoms with E-state index in [0.29, 0.717) is 25.4 Å². The van der Waals surface area contributed by atoms with Crippen LogP contribution < -0.4 is 0 Å². The smallest absolute Gasteiger partial charge is 0.305 e. The molecule has 76 valence electrons. The van der Waals surface area contributed by atoms with Crippen LogP contribution >= 0.6 is 0 Å². The first kappa shape index (κ1) is 10.5. The van der Waals surface area contributed by atoms with Crippen LogP contribution in [-0.2, 0) is 9.53 Å². The Morgan fingerprint density at radius 2 is 2.23 bits per heavy atom. The molecule has 0 bridgehead atoms. The summed E-state index contributed by atoms with van der Waals surface area (Å²) in [5.74, 6) is 0.199. The van der Waals surface area contributed by atoms with E-state index in [1.54, 1.807) is 6.92 Å². The number of ether oxygens (including phenoxy) is 1. The molecule has 1 saturated carbocycles. The molecule has 0 spiro atoms. The van der Waals surface area contributed by atoms with Crippen molar-refractivity contribution in [3.8, 4) is 0 Å². The Bertz CT molecular complexity index is 183. The molecule has 1 atom stereocenters. The van der Waals surface area contributed by atoms with Crippen molar-refractivity contribution >= 4 is 5.97 Å². The second kappa shape index (κ2) is 4.09. The van der Waals surface area contributed by atoms with E-state index in [9.17, 15) is 9.90 Å². The summed E-state index contributed by atoms with van der Waals surface area (Å²) < 4.78 is 4.79. The normalized spacial score (nSPS) is 20.8. The van der Waals surface area contributed by atoms with Crippen LogP contribution in [0.3, 0.4) is 0 Å². The summed E-state index contributed by atoms with van der Waals surface area (Å²) in [6.07, 6.45) is 3.04. The Morgan fingerprint density at radius 1 is 1.62 bits per heavy atom. The lowest BCUT2D eigenvalue weighted by atomic mass is 9.95. The van der Waals surface area contributed by atoms with Crippen molar-refractivity contribution in [3.05, 3.63) is 0 Å². The summed E-state index contributed by atoms with van der Waals surface area (Å²) in [5, 5.41) is 9.86. The molecule has 3 heteroatoms. The first-order valence-electron chi connectivity index (χ1n) is 4.94. The van der Waals surface area contributed by atoms with Crippen LogP contribution in [0.15, 0.2) is 0 Å². The van der Waals surface area contributed by atoms with Gasteiger partial charge in [-0.2, -0.15) is 0 Å². The van der Waals surface area contributed by atoms with Crippen molar-refractivity contribution < 1.29 is 14.6 Å². The van der Waals surface area contributed by atoms with Crippen molar-refractivity contribution in [2.45, 2.75) is 45.1 Å². The van der Waals surface area contributed by atoms with Gasteiger partial charge in [0.2, 0.25) is 0 Å².